The quantitative estimate of drug-likeness (QED) is 0.309. The highest BCUT2D eigenvalue weighted by Gasteiger charge is 2.28. The average molecular weight is 398 g/mol. The summed E-state index contributed by atoms with van der Waals surface area (Å²) < 4.78 is 11.2. The molecule has 0 aromatic heterocycles. The second-order valence-corrected chi connectivity index (χ2v) is 7.68. The highest BCUT2D eigenvalue weighted by atomic mass is 16.5. The summed E-state index contributed by atoms with van der Waals surface area (Å²) in [6.45, 7) is 6.18. The maximum absolute atomic E-state index is 12.7. The Morgan fingerprint density at radius 3 is 2.47 bits per heavy atom. The van der Waals surface area contributed by atoms with E-state index >= 15 is 0 Å². The molecule has 0 saturated carbocycles. The van der Waals surface area contributed by atoms with Gasteiger partial charge in [-0.2, -0.15) is 0 Å². The van der Waals surface area contributed by atoms with Crippen molar-refractivity contribution in [1.29, 1.82) is 0 Å². The van der Waals surface area contributed by atoms with Crippen LogP contribution in [0.3, 0.4) is 0 Å². The summed E-state index contributed by atoms with van der Waals surface area (Å²) >= 11 is 0. The van der Waals surface area contributed by atoms with Gasteiger partial charge in [-0.1, -0.05) is 55.8 Å². The minimum Gasteiger partial charge on any atom is -0.452 e. The lowest BCUT2D eigenvalue weighted by molar-refractivity contribution is 0.0734. The van der Waals surface area contributed by atoms with Crippen LogP contribution in [0.5, 0.6) is 11.5 Å². The summed E-state index contributed by atoms with van der Waals surface area (Å²) in [5, 5.41) is 0. The average Bonchev–Trinajstić information content (AvgIpc) is 3.03. The van der Waals surface area contributed by atoms with Gasteiger partial charge in [0.15, 0.2) is 5.76 Å². The fraction of sp³-hybridized carbons (Fsp3) is 0.154. The zero-order valence-electron chi connectivity index (χ0n) is 17.1. The highest BCUT2D eigenvalue weighted by molar-refractivity contribution is 6.14. The van der Waals surface area contributed by atoms with Crippen molar-refractivity contribution in [3.05, 3.63) is 100 Å². The Hall–Kier alpha value is -3.66. The molecule has 1 heterocycles. The third kappa shape index (κ3) is 4.03. The zero-order valence-corrected chi connectivity index (χ0v) is 17.1. The third-order valence-corrected chi connectivity index (χ3v) is 5.01. The number of aryl methyl sites for hydroxylation is 1. The number of hydrogen-bond acceptors (Lipinski definition) is 4. The molecule has 0 amide bonds. The summed E-state index contributed by atoms with van der Waals surface area (Å²) in [6, 6.07) is 20.0. The van der Waals surface area contributed by atoms with Crippen LogP contribution in [0.1, 0.15) is 57.2 Å². The number of benzene rings is 3. The topological polar surface area (TPSA) is 52.6 Å². The summed E-state index contributed by atoms with van der Waals surface area (Å²) in [4.78, 5) is 25.0. The first-order valence-corrected chi connectivity index (χ1v) is 9.88. The SMILES string of the molecule is Cc1cccc(C(=O)Oc2ccc3c(c2)O/C(=C\c2ccc(C(C)C)cc2)C3=O)c1. The largest absolute Gasteiger partial charge is 0.452 e. The molecule has 0 saturated heterocycles. The van der Waals surface area contributed by atoms with E-state index in [-0.39, 0.29) is 11.5 Å². The molecule has 3 aromatic rings. The molecule has 0 fully saturated rings. The number of ether oxygens (including phenoxy) is 2. The Kier molecular flexibility index (Phi) is 5.23. The number of esters is 1. The molecule has 3 aromatic carbocycles. The van der Waals surface area contributed by atoms with Crippen molar-refractivity contribution in [2.45, 2.75) is 26.7 Å². The minimum atomic E-state index is -0.455. The Morgan fingerprint density at radius 2 is 1.77 bits per heavy atom. The van der Waals surface area contributed by atoms with Gasteiger partial charge in [0.25, 0.3) is 0 Å². The van der Waals surface area contributed by atoms with Gasteiger partial charge in [-0.25, -0.2) is 4.79 Å². The lowest BCUT2D eigenvalue weighted by Gasteiger charge is -2.06. The van der Waals surface area contributed by atoms with E-state index in [9.17, 15) is 9.59 Å². The molecule has 0 atom stereocenters. The van der Waals surface area contributed by atoms with Gasteiger partial charge in [-0.15, -0.1) is 0 Å². The summed E-state index contributed by atoms with van der Waals surface area (Å²) in [7, 11) is 0. The van der Waals surface area contributed by atoms with Gasteiger partial charge in [-0.3, -0.25) is 4.79 Å². The lowest BCUT2D eigenvalue weighted by Crippen LogP contribution is -2.08. The number of carbonyl (C=O) groups is 2. The minimum absolute atomic E-state index is 0.186. The molecular weight excluding hydrogens is 376 g/mol. The van der Waals surface area contributed by atoms with Crippen molar-refractivity contribution in [2.75, 3.05) is 0 Å². The van der Waals surface area contributed by atoms with Gasteiger partial charge in [0.05, 0.1) is 11.1 Å². The van der Waals surface area contributed by atoms with Crippen molar-refractivity contribution in [1.82, 2.24) is 0 Å². The molecule has 1 aliphatic rings. The first-order valence-electron chi connectivity index (χ1n) is 9.88. The molecule has 0 spiro atoms. The maximum Gasteiger partial charge on any atom is 0.343 e. The van der Waals surface area contributed by atoms with Crippen LogP contribution in [0, 0.1) is 6.92 Å². The Bertz CT molecular complexity index is 1150. The number of fused-ring (bicyclic) bond motifs is 1. The van der Waals surface area contributed by atoms with Crippen LogP contribution < -0.4 is 9.47 Å². The number of hydrogen-bond donors (Lipinski definition) is 0. The number of allylic oxidation sites excluding steroid dienone is 1. The van der Waals surface area contributed by atoms with Crippen molar-refractivity contribution in [2.24, 2.45) is 0 Å². The van der Waals surface area contributed by atoms with E-state index in [1.54, 1.807) is 42.5 Å². The van der Waals surface area contributed by atoms with E-state index < -0.39 is 5.97 Å². The molecule has 0 radical (unpaired) electrons. The van der Waals surface area contributed by atoms with E-state index in [0.717, 1.165) is 11.1 Å². The number of ketones is 1. The van der Waals surface area contributed by atoms with Crippen LogP contribution in [-0.2, 0) is 0 Å². The van der Waals surface area contributed by atoms with Gasteiger partial charge >= 0.3 is 5.97 Å². The van der Waals surface area contributed by atoms with E-state index in [0.29, 0.717) is 28.5 Å². The first kappa shape index (κ1) is 19.6. The standard InChI is InChI=1S/C26H22O4/c1-16(2)19-9-7-18(8-10-19)14-24-25(27)22-12-11-21(15-23(22)30-24)29-26(28)20-6-4-5-17(3)13-20/h4-16H,1-3H3/b24-14-. The molecule has 1 aliphatic heterocycles. The third-order valence-electron chi connectivity index (χ3n) is 5.01. The molecule has 0 aliphatic carbocycles. The van der Waals surface area contributed by atoms with E-state index in [4.69, 9.17) is 9.47 Å². The highest BCUT2D eigenvalue weighted by Crippen LogP contribution is 2.35. The van der Waals surface area contributed by atoms with Gasteiger partial charge in [0, 0.05) is 6.07 Å². The smallest absolute Gasteiger partial charge is 0.343 e. The molecule has 4 rings (SSSR count). The normalized spacial score (nSPS) is 14.0. The number of carbonyl (C=O) groups excluding carboxylic acids is 2. The van der Waals surface area contributed by atoms with Crippen LogP contribution in [0.2, 0.25) is 0 Å². The molecule has 4 heteroatoms. The molecule has 150 valence electrons. The number of Topliss-reactive ketones (excluding diaryl/α,β-unsaturated/α-hetero) is 1. The number of rotatable bonds is 4. The fourth-order valence-corrected chi connectivity index (χ4v) is 3.30. The molecular formula is C26H22O4. The van der Waals surface area contributed by atoms with Crippen LogP contribution in [0.4, 0.5) is 0 Å². The lowest BCUT2D eigenvalue weighted by atomic mass is 10.0. The van der Waals surface area contributed by atoms with Gasteiger partial charge in [0.2, 0.25) is 5.78 Å². The van der Waals surface area contributed by atoms with E-state index in [1.807, 2.05) is 37.3 Å². The fourth-order valence-electron chi connectivity index (χ4n) is 3.30. The monoisotopic (exact) mass is 398 g/mol. The Morgan fingerprint density at radius 1 is 1.00 bits per heavy atom. The Labute approximate surface area is 175 Å². The second-order valence-electron chi connectivity index (χ2n) is 7.68. The summed E-state index contributed by atoms with van der Waals surface area (Å²) in [5.74, 6) is 0.777. The summed E-state index contributed by atoms with van der Waals surface area (Å²) in [5.41, 5.74) is 4.03. The van der Waals surface area contributed by atoms with Gasteiger partial charge in [-0.05, 0) is 54.3 Å². The second kappa shape index (κ2) is 7.99. The molecule has 30 heavy (non-hydrogen) atoms. The Balaban J connectivity index is 1.53. The molecule has 4 nitrogen and oxygen atoms in total. The van der Waals surface area contributed by atoms with Gasteiger partial charge < -0.3 is 9.47 Å². The van der Waals surface area contributed by atoms with Gasteiger partial charge in [0.1, 0.15) is 11.5 Å². The predicted molar refractivity (Wildman–Crippen MR) is 116 cm³/mol. The molecule has 0 unspecified atom stereocenters. The van der Waals surface area contributed by atoms with Crippen LogP contribution in [0.25, 0.3) is 6.08 Å². The molecule has 0 N–H and O–H groups in total. The van der Waals surface area contributed by atoms with E-state index in [1.165, 1.54) is 5.56 Å². The molecule has 0 bridgehead atoms. The van der Waals surface area contributed by atoms with Crippen LogP contribution in [0.15, 0.2) is 72.5 Å². The van der Waals surface area contributed by atoms with Crippen molar-refractivity contribution >= 4 is 17.8 Å². The maximum atomic E-state index is 12.7. The van der Waals surface area contributed by atoms with Crippen LogP contribution >= 0.6 is 0 Å². The van der Waals surface area contributed by atoms with Crippen LogP contribution in [-0.4, -0.2) is 11.8 Å². The zero-order chi connectivity index (χ0) is 21.3. The summed E-state index contributed by atoms with van der Waals surface area (Å²) in [6.07, 6.45) is 1.73. The predicted octanol–water partition coefficient (Wildman–Crippen LogP) is 5.95. The van der Waals surface area contributed by atoms with Crippen molar-refractivity contribution in [3.63, 3.8) is 0 Å². The first-order chi connectivity index (χ1) is 14.4. The van der Waals surface area contributed by atoms with Crippen molar-refractivity contribution in [3.8, 4) is 11.5 Å². The van der Waals surface area contributed by atoms with E-state index in [2.05, 4.69) is 13.8 Å². The van der Waals surface area contributed by atoms with Crippen molar-refractivity contribution < 1.29 is 19.1 Å².